The van der Waals surface area contributed by atoms with Crippen molar-refractivity contribution in [2.75, 3.05) is 23.1 Å². The number of rotatable bonds is 4. The Bertz CT molecular complexity index is 795. The fraction of sp³-hybridized carbons (Fsp3) is 0.353. The number of anilines is 3. The number of carbonyl (C=O) groups is 2. The highest BCUT2D eigenvalue weighted by Crippen LogP contribution is 2.28. The maximum absolute atomic E-state index is 12.0. The van der Waals surface area contributed by atoms with Gasteiger partial charge in [-0.1, -0.05) is 5.16 Å². The number of methoxy groups -OCH3 is 1. The van der Waals surface area contributed by atoms with E-state index >= 15 is 0 Å². The average Bonchev–Trinajstić information content (AvgIpc) is 2.91. The molecule has 0 saturated heterocycles. The number of nitrogens with zero attached hydrogens (tertiary/aromatic N) is 1. The van der Waals surface area contributed by atoms with Crippen molar-refractivity contribution in [2.45, 2.75) is 33.3 Å². The highest BCUT2D eigenvalue weighted by molar-refractivity contribution is 5.99. The van der Waals surface area contributed by atoms with Crippen LogP contribution in [0.4, 0.5) is 26.8 Å². The molecule has 26 heavy (non-hydrogen) atoms. The van der Waals surface area contributed by atoms with Crippen LogP contribution in [0.3, 0.4) is 0 Å². The molecular formula is C17H22N4O5. The number of amides is 3. The molecule has 0 fully saturated rings. The third-order valence-corrected chi connectivity index (χ3v) is 2.96. The summed E-state index contributed by atoms with van der Waals surface area (Å²) in [5.74, 6) is 1.25. The Morgan fingerprint density at radius 1 is 1.12 bits per heavy atom. The number of aryl methyl sites for hydroxylation is 1. The standard InChI is InChI=1S/C17H22N4O5/c1-10-8-14(21-26-10)20-15(22)18-11-6-7-12(13(9-11)24-5)19-16(23)25-17(2,3)4/h6-9H,1-5H3,(H,19,23)(H2,18,20,21,22). The van der Waals surface area contributed by atoms with Gasteiger partial charge in [0.25, 0.3) is 0 Å². The second-order valence-corrected chi connectivity index (χ2v) is 6.44. The number of carbonyl (C=O) groups excluding carboxylic acids is 2. The Hall–Kier alpha value is -3.23. The molecule has 1 heterocycles. The molecular weight excluding hydrogens is 340 g/mol. The Labute approximate surface area is 151 Å². The fourth-order valence-electron chi connectivity index (χ4n) is 1.99. The van der Waals surface area contributed by atoms with Crippen LogP contribution < -0.4 is 20.7 Å². The van der Waals surface area contributed by atoms with Gasteiger partial charge in [-0.05, 0) is 39.8 Å². The van der Waals surface area contributed by atoms with E-state index in [0.29, 0.717) is 28.7 Å². The molecule has 0 aliphatic heterocycles. The third-order valence-electron chi connectivity index (χ3n) is 2.96. The number of benzene rings is 1. The highest BCUT2D eigenvalue weighted by Gasteiger charge is 2.18. The molecule has 9 nitrogen and oxygen atoms in total. The lowest BCUT2D eigenvalue weighted by Crippen LogP contribution is -2.27. The second kappa shape index (κ2) is 7.77. The van der Waals surface area contributed by atoms with Crippen molar-refractivity contribution in [3.8, 4) is 5.75 Å². The lowest BCUT2D eigenvalue weighted by atomic mass is 10.2. The van der Waals surface area contributed by atoms with E-state index in [-0.39, 0.29) is 0 Å². The molecule has 0 saturated carbocycles. The van der Waals surface area contributed by atoms with Gasteiger partial charge in [-0.15, -0.1) is 0 Å². The summed E-state index contributed by atoms with van der Waals surface area (Å²) < 4.78 is 15.3. The van der Waals surface area contributed by atoms with E-state index in [9.17, 15) is 9.59 Å². The van der Waals surface area contributed by atoms with E-state index in [1.54, 1.807) is 52.0 Å². The van der Waals surface area contributed by atoms with Gasteiger partial charge in [-0.3, -0.25) is 10.6 Å². The quantitative estimate of drug-likeness (QED) is 0.758. The number of hydrogen-bond acceptors (Lipinski definition) is 6. The summed E-state index contributed by atoms with van der Waals surface area (Å²) in [4.78, 5) is 23.9. The van der Waals surface area contributed by atoms with Gasteiger partial charge in [0.15, 0.2) is 5.82 Å². The summed E-state index contributed by atoms with van der Waals surface area (Å²) in [7, 11) is 1.46. The minimum Gasteiger partial charge on any atom is -0.494 e. The Balaban J connectivity index is 2.03. The Morgan fingerprint density at radius 3 is 2.42 bits per heavy atom. The molecule has 0 radical (unpaired) electrons. The first-order chi connectivity index (χ1) is 12.2. The molecule has 0 spiro atoms. The van der Waals surface area contributed by atoms with Crippen LogP contribution in [0.15, 0.2) is 28.8 Å². The van der Waals surface area contributed by atoms with Crippen molar-refractivity contribution in [3.63, 3.8) is 0 Å². The van der Waals surface area contributed by atoms with E-state index in [0.717, 1.165) is 0 Å². The molecule has 3 N–H and O–H groups in total. The molecule has 0 aliphatic rings. The molecule has 140 valence electrons. The van der Waals surface area contributed by atoms with E-state index in [1.807, 2.05) is 0 Å². The summed E-state index contributed by atoms with van der Waals surface area (Å²) in [6, 6.07) is 5.88. The van der Waals surface area contributed by atoms with Crippen LogP contribution in [0, 0.1) is 6.92 Å². The minimum atomic E-state index is -0.615. The van der Waals surface area contributed by atoms with E-state index < -0.39 is 17.7 Å². The second-order valence-electron chi connectivity index (χ2n) is 6.44. The zero-order chi connectivity index (χ0) is 19.3. The average molecular weight is 362 g/mol. The largest absolute Gasteiger partial charge is 0.494 e. The van der Waals surface area contributed by atoms with Gasteiger partial charge in [0.1, 0.15) is 17.1 Å². The van der Waals surface area contributed by atoms with Crippen LogP contribution in [0.2, 0.25) is 0 Å². The SMILES string of the molecule is COc1cc(NC(=O)Nc2cc(C)on2)ccc1NC(=O)OC(C)(C)C. The first kappa shape index (κ1) is 19.1. The summed E-state index contributed by atoms with van der Waals surface area (Å²) >= 11 is 0. The third kappa shape index (κ3) is 5.69. The van der Waals surface area contributed by atoms with Crippen molar-refractivity contribution in [2.24, 2.45) is 0 Å². The van der Waals surface area contributed by atoms with Gasteiger partial charge in [-0.2, -0.15) is 0 Å². The van der Waals surface area contributed by atoms with Crippen molar-refractivity contribution in [1.29, 1.82) is 0 Å². The first-order valence-electron chi connectivity index (χ1n) is 7.85. The smallest absolute Gasteiger partial charge is 0.412 e. The van der Waals surface area contributed by atoms with E-state index in [4.69, 9.17) is 14.0 Å². The zero-order valence-electron chi connectivity index (χ0n) is 15.3. The first-order valence-corrected chi connectivity index (χ1v) is 7.85. The van der Waals surface area contributed by atoms with E-state index in [1.165, 1.54) is 7.11 Å². The van der Waals surface area contributed by atoms with Crippen molar-refractivity contribution >= 4 is 29.3 Å². The van der Waals surface area contributed by atoms with Gasteiger partial charge < -0.3 is 19.3 Å². The van der Waals surface area contributed by atoms with Crippen LogP contribution in [-0.2, 0) is 4.74 Å². The maximum atomic E-state index is 12.0. The summed E-state index contributed by atoms with van der Waals surface area (Å²) in [6.45, 7) is 7.03. The van der Waals surface area contributed by atoms with Crippen LogP contribution in [0.5, 0.6) is 5.75 Å². The summed E-state index contributed by atoms with van der Waals surface area (Å²) in [5, 5.41) is 11.5. The fourth-order valence-corrected chi connectivity index (χ4v) is 1.99. The van der Waals surface area contributed by atoms with Crippen LogP contribution >= 0.6 is 0 Å². The van der Waals surface area contributed by atoms with Gasteiger partial charge in [0, 0.05) is 17.8 Å². The summed E-state index contributed by atoms with van der Waals surface area (Å²) in [6.07, 6.45) is -0.601. The number of hydrogen-bond donors (Lipinski definition) is 3. The normalized spacial score (nSPS) is 10.8. The molecule has 2 rings (SSSR count). The van der Waals surface area contributed by atoms with Crippen LogP contribution in [0.25, 0.3) is 0 Å². The predicted molar refractivity (Wildman–Crippen MR) is 96.7 cm³/mol. The van der Waals surface area contributed by atoms with E-state index in [2.05, 4.69) is 21.1 Å². The molecule has 9 heteroatoms. The van der Waals surface area contributed by atoms with Gasteiger partial charge >= 0.3 is 12.1 Å². The molecule has 1 aromatic heterocycles. The van der Waals surface area contributed by atoms with Crippen molar-refractivity contribution in [3.05, 3.63) is 30.0 Å². The molecule has 3 amide bonds. The Kier molecular flexibility index (Phi) is 5.71. The molecule has 0 atom stereocenters. The number of ether oxygens (including phenoxy) is 2. The number of nitrogens with one attached hydrogen (secondary N) is 3. The lowest BCUT2D eigenvalue weighted by Gasteiger charge is -2.20. The van der Waals surface area contributed by atoms with Crippen LogP contribution in [-0.4, -0.2) is 30.0 Å². The molecule has 1 aromatic carbocycles. The van der Waals surface area contributed by atoms with Gasteiger partial charge in [0.2, 0.25) is 0 Å². The highest BCUT2D eigenvalue weighted by atomic mass is 16.6. The topological polar surface area (TPSA) is 115 Å². The van der Waals surface area contributed by atoms with Crippen LogP contribution in [0.1, 0.15) is 26.5 Å². The minimum absolute atomic E-state index is 0.301. The van der Waals surface area contributed by atoms with Gasteiger partial charge in [0.05, 0.1) is 12.8 Å². The summed E-state index contributed by atoms with van der Waals surface area (Å²) in [5.41, 5.74) is 0.269. The van der Waals surface area contributed by atoms with Crippen molar-refractivity contribution < 1.29 is 23.6 Å². The zero-order valence-corrected chi connectivity index (χ0v) is 15.3. The molecule has 0 bridgehead atoms. The van der Waals surface area contributed by atoms with Gasteiger partial charge in [-0.25, -0.2) is 9.59 Å². The molecule has 0 aliphatic carbocycles. The maximum Gasteiger partial charge on any atom is 0.412 e. The lowest BCUT2D eigenvalue weighted by molar-refractivity contribution is 0.0635. The number of aromatic nitrogens is 1. The van der Waals surface area contributed by atoms with Crippen molar-refractivity contribution in [1.82, 2.24) is 5.16 Å². The number of urea groups is 1. The molecule has 2 aromatic rings. The monoisotopic (exact) mass is 362 g/mol. The molecule has 0 unspecified atom stereocenters. The Morgan fingerprint density at radius 2 is 1.85 bits per heavy atom. The predicted octanol–water partition coefficient (Wildman–Crippen LogP) is 3.98.